The van der Waals surface area contributed by atoms with Gasteiger partial charge in [-0.3, -0.25) is 0 Å². The zero-order valence-electron chi connectivity index (χ0n) is 12.9. The summed E-state index contributed by atoms with van der Waals surface area (Å²) in [5.74, 6) is 0.764. The van der Waals surface area contributed by atoms with Gasteiger partial charge in [0, 0.05) is 10.7 Å². The largest absolute Gasteiger partial charge is 0.493 e. The number of rotatable bonds is 8. The maximum absolute atomic E-state index is 11.5. The predicted octanol–water partition coefficient (Wildman–Crippen LogP) is 4.66. The van der Waals surface area contributed by atoms with Crippen LogP contribution in [-0.2, 0) is 9.05 Å². The number of allylic oxidation sites excluding steroid dienone is 1. The monoisotopic (exact) mass is 330 g/mol. The maximum Gasteiger partial charge on any atom is 0.261 e. The van der Waals surface area contributed by atoms with Crippen molar-refractivity contribution in [3.63, 3.8) is 0 Å². The van der Waals surface area contributed by atoms with Crippen molar-refractivity contribution in [3.05, 3.63) is 35.4 Å². The van der Waals surface area contributed by atoms with Crippen LogP contribution in [0.5, 0.6) is 5.75 Å². The predicted molar refractivity (Wildman–Crippen MR) is 87.9 cm³/mol. The molecule has 0 atom stereocenters. The number of hydrogen-bond acceptors (Lipinski definition) is 3. The van der Waals surface area contributed by atoms with Gasteiger partial charge >= 0.3 is 0 Å². The molecule has 0 aliphatic rings. The molecular weight excluding hydrogens is 308 g/mol. The molecule has 118 valence electrons. The van der Waals surface area contributed by atoms with Crippen molar-refractivity contribution in [3.8, 4) is 5.75 Å². The van der Waals surface area contributed by atoms with Crippen LogP contribution >= 0.6 is 10.7 Å². The summed E-state index contributed by atoms with van der Waals surface area (Å²) in [6.07, 6.45) is 6.13. The van der Waals surface area contributed by atoms with Gasteiger partial charge in [-0.1, -0.05) is 6.08 Å². The minimum Gasteiger partial charge on any atom is -0.493 e. The summed E-state index contributed by atoms with van der Waals surface area (Å²) in [7, 11) is 1.74. The lowest BCUT2D eigenvalue weighted by atomic mass is 10.1. The van der Waals surface area contributed by atoms with E-state index in [0.29, 0.717) is 12.2 Å². The molecule has 0 amide bonds. The third kappa shape index (κ3) is 5.04. The minimum absolute atomic E-state index is 0.164. The molecule has 1 rings (SSSR count). The molecule has 0 unspecified atom stereocenters. The Kier molecular flexibility index (Phi) is 6.75. The smallest absolute Gasteiger partial charge is 0.261 e. The van der Waals surface area contributed by atoms with E-state index in [4.69, 9.17) is 15.4 Å². The van der Waals surface area contributed by atoms with Gasteiger partial charge in [-0.05, 0) is 69.2 Å². The summed E-state index contributed by atoms with van der Waals surface area (Å²) in [6, 6.07) is 1.58. The molecule has 0 fully saturated rings. The molecule has 1 aromatic carbocycles. The lowest BCUT2D eigenvalue weighted by molar-refractivity contribution is 0.301. The lowest BCUT2D eigenvalue weighted by Gasteiger charge is -2.16. The lowest BCUT2D eigenvalue weighted by Crippen LogP contribution is -2.05. The van der Waals surface area contributed by atoms with Crippen LogP contribution in [0.2, 0.25) is 0 Å². The van der Waals surface area contributed by atoms with Gasteiger partial charge in [-0.15, -0.1) is 6.58 Å². The normalized spacial score (nSPS) is 11.4. The summed E-state index contributed by atoms with van der Waals surface area (Å²) < 4.78 is 28.9. The minimum atomic E-state index is -3.72. The third-order valence-corrected chi connectivity index (χ3v) is 4.99. The van der Waals surface area contributed by atoms with E-state index in [1.165, 1.54) is 0 Å². The molecule has 0 aliphatic carbocycles. The van der Waals surface area contributed by atoms with Crippen LogP contribution < -0.4 is 4.74 Å². The highest BCUT2D eigenvalue weighted by atomic mass is 35.7. The van der Waals surface area contributed by atoms with Crippen molar-refractivity contribution in [2.75, 3.05) is 6.61 Å². The van der Waals surface area contributed by atoms with Crippen LogP contribution in [0.3, 0.4) is 0 Å². The number of benzene rings is 1. The Bertz CT molecular complexity index is 606. The van der Waals surface area contributed by atoms with E-state index in [1.807, 2.05) is 19.9 Å². The molecule has 0 bridgehead atoms. The van der Waals surface area contributed by atoms with E-state index in [2.05, 4.69) is 6.58 Å². The maximum atomic E-state index is 11.5. The number of hydrogen-bond donors (Lipinski definition) is 0. The molecular formula is C16H23ClO3S. The molecule has 1 aromatic rings. The van der Waals surface area contributed by atoms with Crippen molar-refractivity contribution in [2.24, 2.45) is 0 Å². The highest BCUT2D eigenvalue weighted by Gasteiger charge is 2.19. The van der Waals surface area contributed by atoms with E-state index >= 15 is 0 Å². The summed E-state index contributed by atoms with van der Waals surface area (Å²) in [4.78, 5) is 0.164. The summed E-state index contributed by atoms with van der Waals surface area (Å²) >= 11 is 0. The van der Waals surface area contributed by atoms with Gasteiger partial charge in [0.15, 0.2) is 0 Å². The van der Waals surface area contributed by atoms with Crippen LogP contribution in [0.25, 0.3) is 0 Å². The first kappa shape index (κ1) is 18.1. The van der Waals surface area contributed by atoms with Crippen molar-refractivity contribution in [1.29, 1.82) is 0 Å². The highest BCUT2D eigenvalue weighted by molar-refractivity contribution is 8.13. The van der Waals surface area contributed by atoms with Crippen LogP contribution in [0, 0.1) is 20.8 Å². The first-order valence-electron chi connectivity index (χ1n) is 7.08. The van der Waals surface area contributed by atoms with E-state index in [1.54, 1.807) is 13.0 Å². The fourth-order valence-electron chi connectivity index (χ4n) is 2.24. The molecule has 0 spiro atoms. The Morgan fingerprint density at radius 3 is 2.43 bits per heavy atom. The average molecular weight is 331 g/mol. The first-order chi connectivity index (χ1) is 9.79. The molecule has 0 saturated heterocycles. The molecule has 21 heavy (non-hydrogen) atoms. The number of aryl methyl sites for hydroxylation is 1. The zero-order valence-corrected chi connectivity index (χ0v) is 14.5. The number of unbranched alkanes of at least 4 members (excludes halogenated alkanes) is 3. The second-order valence-corrected chi connectivity index (χ2v) is 7.73. The van der Waals surface area contributed by atoms with Gasteiger partial charge < -0.3 is 4.74 Å². The van der Waals surface area contributed by atoms with Gasteiger partial charge in [-0.2, -0.15) is 0 Å². The van der Waals surface area contributed by atoms with Crippen LogP contribution in [-0.4, -0.2) is 15.0 Å². The van der Waals surface area contributed by atoms with Crippen molar-refractivity contribution in [1.82, 2.24) is 0 Å². The SMILES string of the molecule is C=CCCCCCOc1c(C)cc(S(=O)(=O)Cl)c(C)c1C. The molecule has 0 heterocycles. The van der Waals surface area contributed by atoms with Gasteiger partial charge in [-0.25, -0.2) is 8.42 Å². The van der Waals surface area contributed by atoms with E-state index < -0.39 is 9.05 Å². The Morgan fingerprint density at radius 2 is 1.86 bits per heavy atom. The van der Waals surface area contributed by atoms with Crippen LogP contribution in [0.15, 0.2) is 23.6 Å². The summed E-state index contributed by atoms with van der Waals surface area (Å²) in [6.45, 7) is 9.78. The first-order valence-corrected chi connectivity index (χ1v) is 9.39. The van der Waals surface area contributed by atoms with Gasteiger partial charge in [0.25, 0.3) is 9.05 Å². The molecule has 0 N–H and O–H groups in total. The van der Waals surface area contributed by atoms with Crippen LogP contribution in [0.1, 0.15) is 42.4 Å². The molecule has 0 aromatic heterocycles. The van der Waals surface area contributed by atoms with E-state index in [0.717, 1.165) is 42.6 Å². The van der Waals surface area contributed by atoms with Crippen molar-refractivity contribution < 1.29 is 13.2 Å². The Balaban J connectivity index is 2.81. The van der Waals surface area contributed by atoms with Gasteiger partial charge in [0.1, 0.15) is 5.75 Å². The quantitative estimate of drug-likeness (QED) is 0.395. The Morgan fingerprint density at radius 1 is 1.19 bits per heavy atom. The zero-order chi connectivity index (χ0) is 16.0. The summed E-state index contributed by atoms with van der Waals surface area (Å²) in [5, 5.41) is 0. The topological polar surface area (TPSA) is 43.4 Å². The third-order valence-electron chi connectivity index (χ3n) is 3.54. The van der Waals surface area contributed by atoms with Crippen LogP contribution in [0.4, 0.5) is 0 Å². The van der Waals surface area contributed by atoms with E-state index in [9.17, 15) is 8.42 Å². The Labute approximate surface area is 132 Å². The second-order valence-electron chi connectivity index (χ2n) is 5.20. The van der Waals surface area contributed by atoms with Crippen molar-refractivity contribution >= 4 is 19.7 Å². The van der Waals surface area contributed by atoms with E-state index in [-0.39, 0.29) is 4.90 Å². The second kappa shape index (κ2) is 7.85. The Hall–Kier alpha value is -1.00. The number of halogens is 1. The fourth-order valence-corrected chi connectivity index (χ4v) is 3.56. The molecule has 0 aliphatic heterocycles. The molecule has 3 nitrogen and oxygen atoms in total. The molecule has 0 radical (unpaired) electrons. The van der Waals surface area contributed by atoms with Gasteiger partial charge in [0.2, 0.25) is 0 Å². The number of ether oxygens (including phenoxy) is 1. The fraction of sp³-hybridized carbons (Fsp3) is 0.500. The van der Waals surface area contributed by atoms with Gasteiger partial charge in [0.05, 0.1) is 11.5 Å². The molecule has 0 saturated carbocycles. The average Bonchev–Trinajstić information content (AvgIpc) is 2.40. The standard InChI is InChI=1S/C16H23ClO3S/c1-5-6-7-8-9-10-20-16-12(2)11-15(21(17,18)19)13(3)14(16)4/h5,11H,1,6-10H2,2-4H3. The highest BCUT2D eigenvalue weighted by Crippen LogP contribution is 2.32. The summed E-state index contributed by atoms with van der Waals surface area (Å²) in [5.41, 5.74) is 2.28. The van der Waals surface area contributed by atoms with Crippen molar-refractivity contribution in [2.45, 2.75) is 51.3 Å². The molecule has 5 heteroatoms.